The Labute approximate surface area is 161 Å². The van der Waals surface area contributed by atoms with E-state index in [1.807, 2.05) is 29.5 Å². The molecule has 4 rings (SSSR count). The normalized spacial score (nSPS) is 17.3. The molecule has 2 N–H and O–H groups in total. The second-order valence-corrected chi connectivity index (χ2v) is 7.74. The van der Waals surface area contributed by atoms with Gasteiger partial charge in [0.05, 0.1) is 11.4 Å². The van der Waals surface area contributed by atoms with Crippen LogP contribution in [0.4, 0.5) is 5.95 Å². The van der Waals surface area contributed by atoms with Gasteiger partial charge in [0.25, 0.3) is 5.91 Å². The van der Waals surface area contributed by atoms with Gasteiger partial charge in [-0.3, -0.25) is 4.79 Å². The number of thiazole rings is 1. The van der Waals surface area contributed by atoms with Crippen LogP contribution < -0.4 is 5.73 Å². The molecule has 0 spiro atoms. The van der Waals surface area contributed by atoms with E-state index in [0.29, 0.717) is 12.2 Å². The Bertz CT molecular complexity index is 978. The third kappa shape index (κ3) is 3.44. The predicted molar refractivity (Wildman–Crippen MR) is 106 cm³/mol. The molecule has 7 nitrogen and oxygen atoms in total. The number of likely N-dealkylation sites (tertiary alicyclic amines) is 1. The summed E-state index contributed by atoms with van der Waals surface area (Å²) in [5.74, 6) is 0.440. The van der Waals surface area contributed by atoms with Crippen molar-refractivity contribution in [2.45, 2.75) is 25.7 Å². The van der Waals surface area contributed by atoms with Gasteiger partial charge in [0, 0.05) is 43.3 Å². The number of piperidine rings is 1. The van der Waals surface area contributed by atoms with Crippen molar-refractivity contribution in [3.63, 3.8) is 0 Å². The van der Waals surface area contributed by atoms with Crippen molar-refractivity contribution in [3.8, 4) is 10.7 Å². The van der Waals surface area contributed by atoms with Crippen molar-refractivity contribution in [2.24, 2.45) is 7.05 Å². The Balaban J connectivity index is 1.52. The first-order valence-electron chi connectivity index (χ1n) is 8.99. The number of hydrogen-bond acceptors (Lipinski definition) is 6. The number of nitrogens with zero attached hydrogens (tertiary/aromatic N) is 5. The van der Waals surface area contributed by atoms with Gasteiger partial charge in [0.15, 0.2) is 0 Å². The molecular formula is C19H22N6OS. The van der Waals surface area contributed by atoms with E-state index in [-0.39, 0.29) is 17.8 Å². The minimum atomic E-state index is -0.0184. The number of carbonyl (C=O) groups is 1. The smallest absolute Gasteiger partial charge is 0.273 e. The second kappa shape index (κ2) is 7.11. The zero-order chi connectivity index (χ0) is 19.0. The second-order valence-electron chi connectivity index (χ2n) is 6.89. The fraction of sp³-hybridized carbons (Fsp3) is 0.368. The van der Waals surface area contributed by atoms with Gasteiger partial charge in [-0.05, 0) is 38.0 Å². The highest BCUT2D eigenvalue weighted by Gasteiger charge is 2.28. The summed E-state index contributed by atoms with van der Waals surface area (Å²) in [7, 11) is 2.01. The van der Waals surface area contributed by atoms with Gasteiger partial charge in [-0.2, -0.15) is 0 Å². The van der Waals surface area contributed by atoms with Crippen LogP contribution in [-0.4, -0.2) is 43.4 Å². The van der Waals surface area contributed by atoms with Gasteiger partial charge in [-0.1, -0.05) is 0 Å². The zero-order valence-corrected chi connectivity index (χ0v) is 16.2. The average molecular weight is 382 g/mol. The fourth-order valence-electron chi connectivity index (χ4n) is 3.50. The molecule has 1 unspecified atom stereocenters. The summed E-state index contributed by atoms with van der Waals surface area (Å²) in [6.45, 7) is 3.42. The molecule has 8 heteroatoms. The van der Waals surface area contributed by atoms with E-state index in [4.69, 9.17) is 5.73 Å². The highest BCUT2D eigenvalue weighted by molar-refractivity contribution is 7.13. The van der Waals surface area contributed by atoms with Gasteiger partial charge >= 0.3 is 0 Å². The van der Waals surface area contributed by atoms with Crippen LogP contribution in [0, 0.1) is 6.92 Å². The standard InChI is InChI=1S/C19H22N6OS/c1-12-5-6-16(24(12)2)17-22-15(11-27-17)18(26)25-9-3-4-13(10-25)14-7-8-21-19(20)23-14/h5-8,11,13H,3-4,9-10H2,1-2H3,(H2,20,21,23). The van der Waals surface area contributed by atoms with Crippen LogP contribution in [0.15, 0.2) is 29.8 Å². The molecule has 27 heavy (non-hydrogen) atoms. The number of hydrogen-bond donors (Lipinski definition) is 1. The summed E-state index contributed by atoms with van der Waals surface area (Å²) in [5, 5.41) is 2.72. The van der Waals surface area contributed by atoms with Crippen LogP contribution in [0.25, 0.3) is 10.7 Å². The topological polar surface area (TPSA) is 89.9 Å². The maximum atomic E-state index is 13.0. The van der Waals surface area contributed by atoms with Crippen molar-refractivity contribution in [1.82, 2.24) is 24.4 Å². The number of amides is 1. The van der Waals surface area contributed by atoms with Crippen LogP contribution in [0.1, 0.15) is 40.6 Å². The number of nitrogen functional groups attached to an aromatic ring is 1. The summed E-state index contributed by atoms with van der Waals surface area (Å²) in [5.41, 5.74) is 9.32. The van der Waals surface area contributed by atoms with E-state index in [0.717, 1.165) is 41.5 Å². The molecule has 0 saturated carbocycles. The Kier molecular flexibility index (Phi) is 4.65. The molecule has 1 aliphatic heterocycles. The van der Waals surface area contributed by atoms with Crippen molar-refractivity contribution >= 4 is 23.2 Å². The molecule has 0 aliphatic carbocycles. The lowest BCUT2D eigenvalue weighted by Gasteiger charge is -2.32. The summed E-state index contributed by atoms with van der Waals surface area (Å²) in [4.78, 5) is 27.7. The lowest BCUT2D eigenvalue weighted by molar-refractivity contribution is 0.0701. The van der Waals surface area contributed by atoms with Crippen molar-refractivity contribution in [2.75, 3.05) is 18.8 Å². The van der Waals surface area contributed by atoms with Crippen LogP contribution in [0.2, 0.25) is 0 Å². The van der Waals surface area contributed by atoms with Crippen molar-refractivity contribution in [1.29, 1.82) is 0 Å². The molecule has 0 radical (unpaired) electrons. The largest absolute Gasteiger partial charge is 0.368 e. The van der Waals surface area contributed by atoms with E-state index in [9.17, 15) is 4.79 Å². The van der Waals surface area contributed by atoms with Gasteiger partial charge < -0.3 is 15.2 Å². The van der Waals surface area contributed by atoms with Gasteiger partial charge in [0.2, 0.25) is 5.95 Å². The summed E-state index contributed by atoms with van der Waals surface area (Å²) in [6, 6.07) is 5.98. The molecule has 0 bridgehead atoms. The van der Waals surface area contributed by atoms with Crippen molar-refractivity contribution in [3.05, 3.63) is 46.9 Å². The van der Waals surface area contributed by atoms with E-state index in [2.05, 4.69) is 32.5 Å². The van der Waals surface area contributed by atoms with Gasteiger partial charge in [0.1, 0.15) is 10.7 Å². The molecule has 1 saturated heterocycles. The first-order valence-corrected chi connectivity index (χ1v) is 9.87. The quantitative estimate of drug-likeness (QED) is 0.752. The van der Waals surface area contributed by atoms with E-state index in [1.165, 1.54) is 11.3 Å². The molecule has 1 amide bonds. The molecule has 4 heterocycles. The first-order chi connectivity index (χ1) is 13.0. The van der Waals surface area contributed by atoms with E-state index in [1.54, 1.807) is 6.20 Å². The van der Waals surface area contributed by atoms with Crippen LogP contribution >= 0.6 is 11.3 Å². The zero-order valence-electron chi connectivity index (χ0n) is 15.4. The monoisotopic (exact) mass is 382 g/mol. The predicted octanol–water partition coefficient (Wildman–Crippen LogP) is 2.85. The molecular weight excluding hydrogens is 360 g/mol. The third-order valence-electron chi connectivity index (χ3n) is 5.14. The Morgan fingerprint density at radius 1 is 1.30 bits per heavy atom. The highest BCUT2D eigenvalue weighted by atomic mass is 32.1. The Hall–Kier alpha value is -2.74. The molecule has 1 atom stereocenters. The number of rotatable bonds is 3. The number of nitrogens with two attached hydrogens (primary N) is 1. The molecule has 140 valence electrons. The molecule has 3 aromatic heterocycles. The lowest BCUT2D eigenvalue weighted by atomic mass is 9.94. The number of carbonyl (C=O) groups excluding carboxylic acids is 1. The van der Waals surface area contributed by atoms with Gasteiger partial charge in [-0.25, -0.2) is 15.0 Å². The SMILES string of the molecule is Cc1ccc(-c2nc(C(=O)N3CCCC(c4ccnc(N)n4)C3)cs2)n1C. The molecule has 0 aromatic carbocycles. The van der Waals surface area contributed by atoms with Crippen LogP contribution in [0.5, 0.6) is 0 Å². The van der Waals surface area contributed by atoms with Crippen molar-refractivity contribution < 1.29 is 4.79 Å². The minimum Gasteiger partial charge on any atom is -0.368 e. The number of aryl methyl sites for hydroxylation is 1. The van der Waals surface area contributed by atoms with Crippen LogP contribution in [0.3, 0.4) is 0 Å². The highest BCUT2D eigenvalue weighted by Crippen LogP contribution is 2.29. The first kappa shape index (κ1) is 17.7. The minimum absolute atomic E-state index is 0.0184. The third-order valence-corrected chi connectivity index (χ3v) is 6.00. The Morgan fingerprint density at radius 2 is 2.15 bits per heavy atom. The van der Waals surface area contributed by atoms with Crippen LogP contribution in [-0.2, 0) is 7.05 Å². The molecule has 1 aliphatic rings. The number of anilines is 1. The summed E-state index contributed by atoms with van der Waals surface area (Å²) < 4.78 is 2.09. The van der Waals surface area contributed by atoms with E-state index < -0.39 is 0 Å². The lowest BCUT2D eigenvalue weighted by Crippen LogP contribution is -2.39. The Morgan fingerprint density at radius 3 is 2.89 bits per heavy atom. The maximum Gasteiger partial charge on any atom is 0.273 e. The summed E-state index contributed by atoms with van der Waals surface area (Å²) in [6.07, 6.45) is 3.60. The van der Waals surface area contributed by atoms with Gasteiger partial charge in [-0.15, -0.1) is 11.3 Å². The molecule has 3 aromatic rings. The number of aromatic nitrogens is 4. The summed E-state index contributed by atoms with van der Waals surface area (Å²) >= 11 is 1.51. The molecule has 1 fully saturated rings. The average Bonchev–Trinajstić information content (AvgIpc) is 3.29. The fourth-order valence-corrected chi connectivity index (χ4v) is 4.35. The maximum absolute atomic E-state index is 13.0. The van der Waals surface area contributed by atoms with E-state index >= 15 is 0 Å².